The third-order valence-electron chi connectivity index (χ3n) is 5.88. The SMILES string of the molecule is CC(C)Oc1ccc(-c2cccc(CC(=O)C3(c4ccc5c(c4)OCO5)CC3)n2)cc1. The molecule has 5 nitrogen and oxygen atoms in total. The molecule has 0 N–H and O–H groups in total. The van der Waals surface area contributed by atoms with E-state index in [1.807, 2.05) is 74.5 Å². The first kappa shape index (κ1) is 19.6. The monoisotopic (exact) mass is 415 g/mol. The van der Waals surface area contributed by atoms with Gasteiger partial charge in [0.15, 0.2) is 11.5 Å². The second kappa shape index (κ2) is 7.73. The Morgan fingerprint density at radius 2 is 1.81 bits per heavy atom. The van der Waals surface area contributed by atoms with Crippen LogP contribution < -0.4 is 14.2 Å². The number of carbonyl (C=O) groups excluding carboxylic acids is 1. The van der Waals surface area contributed by atoms with Crippen LogP contribution in [0.1, 0.15) is 37.9 Å². The largest absolute Gasteiger partial charge is 0.491 e. The molecule has 1 saturated carbocycles. The van der Waals surface area contributed by atoms with E-state index < -0.39 is 5.41 Å². The minimum absolute atomic E-state index is 0.137. The second-order valence-corrected chi connectivity index (χ2v) is 8.46. The quantitative estimate of drug-likeness (QED) is 0.537. The molecule has 1 fully saturated rings. The van der Waals surface area contributed by atoms with Crippen LogP contribution in [0, 0.1) is 0 Å². The number of pyridine rings is 1. The normalized spacial score (nSPS) is 15.7. The van der Waals surface area contributed by atoms with Crippen LogP contribution in [-0.2, 0) is 16.6 Å². The molecule has 5 heteroatoms. The van der Waals surface area contributed by atoms with Crippen molar-refractivity contribution in [1.29, 1.82) is 0 Å². The maximum absolute atomic E-state index is 13.3. The Hall–Kier alpha value is -3.34. The van der Waals surface area contributed by atoms with Gasteiger partial charge in [-0.05, 0) is 80.8 Å². The number of fused-ring (bicyclic) bond motifs is 1. The Balaban J connectivity index is 1.33. The molecule has 5 rings (SSSR count). The summed E-state index contributed by atoms with van der Waals surface area (Å²) in [5.41, 5.74) is 3.24. The zero-order valence-corrected chi connectivity index (χ0v) is 17.8. The van der Waals surface area contributed by atoms with Crippen LogP contribution in [0.4, 0.5) is 0 Å². The molecule has 0 atom stereocenters. The van der Waals surface area contributed by atoms with Crippen molar-refractivity contribution >= 4 is 5.78 Å². The van der Waals surface area contributed by atoms with Gasteiger partial charge in [0.1, 0.15) is 11.5 Å². The van der Waals surface area contributed by atoms with E-state index >= 15 is 0 Å². The van der Waals surface area contributed by atoms with Crippen LogP contribution in [0.3, 0.4) is 0 Å². The smallest absolute Gasteiger partial charge is 0.231 e. The number of benzene rings is 2. The van der Waals surface area contributed by atoms with Crippen LogP contribution in [0.2, 0.25) is 0 Å². The van der Waals surface area contributed by atoms with E-state index in [2.05, 4.69) is 0 Å². The molecular weight excluding hydrogens is 390 g/mol. The highest BCUT2D eigenvalue weighted by atomic mass is 16.7. The van der Waals surface area contributed by atoms with Gasteiger partial charge in [-0.2, -0.15) is 0 Å². The minimum Gasteiger partial charge on any atom is -0.491 e. The number of hydrogen-bond donors (Lipinski definition) is 0. The van der Waals surface area contributed by atoms with Gasteiger partial charge in [0.25, 0.3) is 0 Å². The number of Topliss-reactive ketones (excluding diaryl/α,β-unsaturated/α-hetero) is 1. The lowest BCUT2D eigenvalue weighted by Gasteiger charge is -2.15. The molecule has 0 bridgehead atoms. The van der Waals surface area contributed by atoms with Gasteiger partial charge in [0, 0.05) is 17.7 Å². The highest BCUT2D eigenvalue weighted by Crippen LogP contribution is 2.51. The molecule has 0 saturated heterocycles. The predicted octanol–water partition coefficient (Wildman–Crippen LogP) is 5.11. The molecule has 0 spiro atoms. The summed E-state index contributed by atoms with van der Waals surface area (Å²) >= 11 is 0. The van der Waals surface area contributed by atoms with Gasteiger partial charge in [0.05, 0.1) is 17.2 Å². The van der Waals surface area contributed by atoms with E-state index in [0.29, 0.717) is 6.42 Å². The van der Waals surface area contributed by atoms with Crippen molar-refractivity contribution in [2.45, 2.75) is 44.6 Å². The van der Waals surface area contributed by atoms with Crippen molar-refractivity contribution in [2.75, 3.05) is 6.79 Å². The average Bonchev–Trinajstić information content (AvgIpc) is 3.45. The van der Waals surface area contributed by atoms with Crippen LogP contribution in [0.25, 0.3) is 11.3 Å². The summed E-state index contributed by atoms with van der Waals surface area (Å²) in [5.74, 6) is 2.51. The zero-order chi connectivity index (χ0) is 21.4. The molecular formula is C26H25NO4. The first-order valence-corrected chi connectivity index (χ1v) is 10.7. The first-order valence-electron chi connectivity index (χ1n) is 10.7. The van der Waals surface area contributed by atoms with E-state index in [4.69, 9.17) is 19.2 Å². The number of carbonyl (C=O) groups is 1. The van der Waals surface area contributed by atoms with E-state index in [0.717, 1.165) is 52.6 Å². The lowest BCUT2D eigenvalue weighted by Crippen LogP contribution is -2.23. The lowest BCUT2D eigenvalue weighted by molar-refractivity contribution is -0.120. The van der Waals surface area contributed by atoms with Crippen molar-refractivity contribution in [2.24, 2.45) is 0 Å². The Morgan fingerprint density at radius 3 is 2.55 bits per heavy atom. The third-order valence-corrected chi connectivity index (χ3v) is 5.88. The average molecular weight is 415 g/mol. The molecule has 1 aliphatic carbocycles. The number of rotatable bonds is 7. The summed E-state index contributed by atoms with van der Waals surface area (Å²) in [6, 6.07) is 19.6. The molecule has 3 aromatic rings. The fourth-order valence-corrected chi connectivity index (χ4v) is 4.10. The number of ether oxygens (including phenoxy) is 3. The topological polar surface area (TPSA) is 57.7 Å². The second-order valence-electron chi connectivity index (χ2n) is 8.46. The van der Waals surface area contributed by atoms with Crippen LogP contribution in [0.15, 0.2) is 60.7 Å². The molecule has 2 aromatic carbocycles. The maximum atomic E-state index is 13.3. The highest BCUT2D eigenvalue weighted by molar-refractivity contribution is 5.94. The zero-order valence-electron chi connectivity index (χ0n) is 17.8. The standard InChI is InChI=1S/C26H25NO4/c1-17(2)31-21-9-6-18(7-10-21)22-5-3-4-20(27-22)15-25(28)26(12-13-26)19-8-11-23-24(14-19)30-16-29-23/h3-11,14,17H,12-13,15-16H2,1-2H3. The van der Waals surface area contributed by atoms with Gasteiger partial charge in [-0.3, -0.25) is 9.78 Å². The van der Waals surface area contributed by atoms with Crippen LogP contribution in [0.5, 0.6) is 17.2 Å². The van der Waals surface area contributed by atoms with Crippen molar-refractivity contribution in [3.63, 3.8) is 0 Å². The molecule has 2 heterocycles. The van der Waals surface area contributed by atoms with Crippen molar-refractivity contribution in [3.05, 3.63) is 71.9 Å². The summed E-state index contributed by atoms with van der Waals surface area (Å²) in [6.45, 7) is 4.25. The van der Waals surface area contributed by atoms with Gasteiger partial charge < -0.3 is 14.2 Å². The highest BCUT2D eigenvalue weighted by Gasteiger charge is 2.50. The summed E-state index contributed by atoms with van der Waals surface area (Å²) in [6.07, 6.45) is 2.18. The molecule has 1 aromatic heterocycles. The van der Waals surface area contributed by atoms with Crippen LogP contribution in [-0.4, -0.2) is 23.7 Å². The number of aromatic nitrogens is 1. The number of nitrogens with zero attached hydrogens (tertiary/aromatic N) is 1. The third kappa shape index (κ3) is 3.88. The molecule has 0 unspecified atom stereocenters. The van der Waals surface area contributed by atoms with E-state index in [1.165, 1.54) is 0 Å². The minimum atomic E-state index is -0.422. The number of ketones is 1. The fourth-order valence-electron chi connectivity index (χ4n) is 4.10. The van der Waals surface area contributed by atoms with Crippen molar-refractivity contribution in [3.8, 4) is 28.5 Å². The molecule has 1 aliphatic heterocycles. The number of hydrogen-bond acceptors (Lipinski definition) is 5. The molecule has 158 valence electrons. The van der Waals surface area contributed by atoms with E-state index in [1.54, 1.807) is 0 Å². The molecule has 0 radical (unpaired) electrons. The summed E-state index contributed by atoms with van der Waals surface area (Å²) in [7, 11) is 0. The molecule has 2 aliphatic rings. The van der Waals surface area contributed by atoms with Gasteiger partial charge in [-0.15, -0.1) is 0 Å². The van der Waals surface area contributed by atoms with E-state index in [9.17, 15) is 4.79 Å². The van der Waals surface area contributed by atoms with Crippen LogP contribution >= 0.6 is 0 Å². The Bertz CT molecular complexity index is 1120. The van der Waals surface area contributed by atoms with Gasteiger partial charge in [-0.1, -0.05) is 12.1 Å². The van der Waals surface area contributed by atoms with Crippen molar-refractivity contribution < 1.29 is 19.0 Å². The van der Waals surface area contributed by atoms with E-state index in [-0.39, 0.29) is 18.7 Å². The Morgan fingerprint density at radius 1 is 1.03 bits per heavy atom. The lowest BCUT2D eigenvalue weighted by atomic mass is 9.88. The molecule has 0 amide bonds. The molecule has 31 heavy (non-hydrogen) atoms. The Kier molecular flexibility index (Phi) is 4.89. The van der Waals surface area contributed by atoms with Gasteiger partial charge in [-0.25, -0.2) is 0 Å². The predicted molar refractivity (Wildman–Crippen MR) is 118 cm³/mol. The summed E-state index contributed by atoms with van der Waals surface area (Å²) < 4.78 is 16.6. The van der Waals surface area contributed by atoms with Gasteiger partial charge in [0.2, 0.25) is 6.79 Å². The summed E-state index contributed by atoms with van der Waals surface area (Å²) in [4.78, 5) is 18.0. The Labute approximate surface area is 182 Å². The fraction of sp³-hybridized carbons (Fsp3) is 0.308. The maximum Gasteiger partial charge on any atom is 0.231 e. The first-order chi connectivity index (χ1) is 15.0. The van der Waals surface area contributed by atoms with Gasteiger partial charge >= 0.3 is 0 Å². The van der Waals surface area contributed by atoms with Crippen molar-refractivity contribution in [1.82, 2.24) is 4.98 Å². The summed E-state index contributed by atoms with van der Waals surface area (Å²) in [5, 5.41) is 0.